The van der Waals surface area contributed by atoms with Crippen LogP contribution in [-0.2, 0) is 0 Å². The number of hydrogen-bond donors (Lipinski definition) is 2. The molecule has 0 aliphatic rings. The number of hydrogen-bond acceptors (Lipinski definition) is 6. The van der Waals surface area contributed by atoms with Crippen LogP contribution >= 0.6 is 12.2 Å². The number of nitrogen functional groups attached to an aromatic ring is 2. The SMILES string of the molecule is Cc1ccc(/C=N/n2c(N)c(N)c(C#N)nc2=S)cc1. The van der Waals surface area contributed by atoms with Crippen LogP contribution in [0.25, 0.3) is 0 Å². The van der Waals surface area contributed by atoms with Gasteiger partial charge in [-0.05, 0) is 24.7 Å². The first kappa shape index (κ1) is 13.7. The molecule has 0 unspecified atom stereocenters. The van der Waals surface area contributed by atoms with Crippen LogP contribution in [0.15, 0.2) is 29.4 Å². The predicted octanol–water partition coefficient (Wildman–Crippen LogP) is 1.84. The van der Waals surface area contributed by atoms with Crippen molar-refractivity contribution in [3.8, 4) is 6.07 Å². The lowest BCUT2D eigenvalue weighted by Crippen LogP contribution is -2.10. The van der Waals surface area contributed by atoms with Crippen LogP contribution in [0.5, 0.6) is 0 Å². The highest BCUT2D eigenvalue weighted by molar-refractivity contribution is 7.71. The molecule has 100 valence electrons. The molecule has 0 radical (unpaired) electrons. The first-order valence-electron chi connectivity index (χ1n) is 5.72. The Hall–Kier alpha value is -2.72. The lowest BCUT2D eigenvalue weighted by atomic mass is 10.2. The van der Waals surface area contributed by atoms with Crippen LogP contribution < -0.4 is 11.5 Å². The van der Waals surface area contributed by atoms with Gasteiger partial charge in [0.25, 0.3) is 0 Å². The highest BCUT2D eigenvalue weighted by Gasteiger charge is 2.09. The molecule has 0 saturated carbocycles. The fraction of sp³-hybridized carbons (Fsp3) is 0.0769. The van der Waals surface area contributed by atoms with E-state index < -0.39 is 0 Å². The van der Waals surface area contributed by atoms with Gasteiger partial charge in [0.05, 0.1) is 6.21 Å². The summed E-state index contributed by atoms with van der Waals surface area (Å²) in [6.45, 7) is 2.00. The molecule has 1 aromatic carbocycles. The van der Waals surface area contributed by atoms with Crippen LogP contribution in [0.2, 0.25) is 0 Å². The summed E-state index contributed by atoms with van der Waals surface area (Å²) < 4.78 is 1.31. The summed E-state index contributed by atoms with van der Waals surface area (Å²) in [5.74, 6) is 0.102. The molecule has 0 saturated heterocycles. The van der Waals surface area contributed by atoms with Crippen molar-refractivity contribution in [3.05, 3.63) is 45.9 Å². The molecule has 0 amide bonds. The molecule has 0 fully saturated rings. The molecule has 0 aliphatic heterocycles. The number of anilines is 2. The number of aromatic nitrogens is 2. The summed E-state index contributed by atoms with van der Waals surface area (Å²) in [5.41, 5.74) is 13.6. The maximum absolute atomic E-state index is 8.85. The predicted molar refractivity (Wildman–Crippen MR) is 80.8 cm³/mol. The molecule has 0 bridgehead atoms. The van der Waals surface area contributed by atoms with Gasteiger partial charge < -0.3 is 11.5 Å². The zero-order valence-corrected chi connectivity index (χ0v) is 11.6. The van der Waals surface area contributed by atoms with E-state index in [1.54, 1.807) is 6.21 Å². The monoisotopic (exact) mass is 284 g/mol. The molecular weight excluding hydrogens is 272 g/mol. The quantitative estimate of drug-likeness (QED) is 0.646. The topological polar surface area (TPSA) is 106 Å². The molecule has 0 aliphatic carbocycles. The van der Waals surface area contributed by atoms with Gasteiger partial charge in [-0.2, -0.15) is 15.0 Å². The average molecular weight is 284 g/mol. The van der Waals surface area contributed by atoms with Gasteiger partial charge in [-0.25, -0.2) is 4.98 Å². The van der Waals surface area contributed by atoms with E-state index >= 15 is 0 Å². The van der Waals surface area contributed by atoms with Crippen molar-refractivity contribution < 1.29 is 0 Å². The molecule has 6 nitrogen and oxygen atoms in total. The fourth-order valence-corrected chi connectivity index (χ4v) is 1.75. The minimum absolute atomic E-state index is 0.00860. The third-order valence-corrected chi connectivity index (χ3v) is 2.92. The lowest BCUT2D eigenvalue weighted by molar-refractivity contribution is 0.831. The number of rotatable bonds is 2. The molecule has 1 heterocycles. The highest BCUT2D eigenvalue weighted by atomic mass is 32.1. The van der Waals surface area contributed by atoms with E-state index in [1.165, 1.54) is 4.68 Å². The first-order chi connectivity index (χ1) is 9.52. The molecule has 7 heteroatoms. The summed E-state index contributed by atoms with van der Waals surface area (Å²) in [4.78, 5) is 3.88. The fourth-order valence-electron chi connectivity index (χ4n) is 1.52. The van der Waals surface area contributed by atoms with E-state index in [1.807, 2.05) is 37.3 Å². The van der Waals surface area contributed by atoms with Gasteiger partial charge in [0.15, 0.2) is 11.5 Å². The number of nitrogens with two attached hydrogens (primary N) is 2. The van der Waals surface area contributed by atoms with Gasteiger partial charge in [0, 0.05) is 0 Å². The van der Waals surface area contributed by atoms with E-state index in [-0.39, 0.29) is 22.0 Å². The van der Waals surface area contributed by atoms with Crippen molar-refractivity contribution in [1.82, 2.24) is 9.66 Å². The molecule has 20 heavy (non-hydrogen) atoms. The van der Waals surface area contributed by atoms with E-state index in [9.17, 15) is 0 Å². The van der Waals surface area contributed by atoms with E-state index in [0.717, 1.165) is 11.1 Å². The van der Waals surface area contributed by atoms with Crippen LogP contribution in [0.1, 0.15) is 16.8 Å². The van der Waals surface area contributed by atoms with Crippen LogP contribution in [-0.4, -0.2) is 15.9 Å². The minimum atomic E-state index is 0.00860. The van der Waals surface area contributed by atoms with Gasteiger partial charge in [-0.3, -0.25) is 0 Å². The van der Waals surface area contributed by atoms with Crippen molar-refractivity contribution in [2.45, 2.75) is 6.92 Å². The summed E-state index contributed by atoms with van der Waals surface area (Å²) in [7, 11) is 0. The largest absolute Gasteiger partial charge is 0.393 e. The van der Waals surface area contributed by atoms with Crippen LogP contribution in [0.4, 0.5) is 11.5 Å². The number of nitrogens with zero attached hydrogens (tertiary/aromatic N) is 4. The Morgan fingerprint density at radius 2 is 2.00 bits per heavy atom. The second-order valence-electron chi connectivity index (χ2n) is 4.12. The summed E-state index contributed by atoms with van der Waals surface area (Å²) in [5, 5.41) is 13.0. The average Bonchev–Trinajstić information content (AvgIpc) is 2.44. The molecule has 2 rings (SSSR count). The van der Waals surface area contributed by atoms with E-state index in [0.29, 0.717) is 0 Å². The highest BCUT2D eigenvalue weighted by Crippen LogP contribution is 2.17. The molecule has 0 atom stereocenters. The first-order valence-corrected chi connectivity index (χ1v) is 6.13. The van der Waals surface area contributed by atoms with Gasteiger partial charge in [0.2, 0.25) is 4.77 Å². The lowest BCUT2D eigenvalue weighted by Gasteiger charge is -2.07. The summed E-state index contributed by atoms with van der Waals surface area (Å²) >= 11 is 5.04. The Kier molecular flexibility index (Phi) is 3.77. The zero-order valence-electron chi connectivity index (χ0n) is 10.7. The summed E-state index contributed by atoms with van der Waals surface area (Å²) in [6, 6.07) is 9.60. The Bertz CT molecular complexity index is 767. The molecular formula is C13H12N6S. The third kappa shape index (κ3) is 2.65. The van der Waals surface area contributed by atoms with Crippen molar-refractivity contribution >= 4 is 29.9 Å². The van der Waals surface area contributed by atoms with Crippen LogP contribution in [0.3, 0.4) is 0 Å². The molecule has 1 aromatic heterocycles. The van der Waals surface area contributed by atoms with Crippen LogP contribution in [0, 0.1) is 23.0 Å². The third-order valence-electron chi connectivity index (χ3n) is 2.65. The Balaban J connectivity index is 2.45. The van der Waals surface area contributed by atoms with Gasteiger partial charge in [-0.1, -0.05) is 29.8 Å². The van der Waals surface area contributed by atoms with E-state index in [4.69, 9.17) is 28.9 Å². The van der Waals surface area contributed by atoms with Crippen molar-refractivity contribution in [2.75, 3.05) is 11.5 Å². The number of benzene rings is 1. The minimum Gasteiger partial charge on any atom is -0.393 e. The van der Waals surface area contributed by atoms with Crippen molar-refractivity contribution in [1.29, 1.82) is 5.26 Å². The maximum Gasteiger partial charge on any atom is 0.223 e. The van der Waals surface area contributed by atoms with Crippen molar-refractivity contribution in [2.24, 2.45) is 5.10 Å². The van der Waals surface area contributed by atoms with Gasteiger partial charge >= 0.3 is 0 Å². The Morgan fingerprint density at radius 3 is 2.60 bits per heavy atom. The number of aryl methyl sites for hydroxylation is 1. The molecule has 4 N–H and O–H groups in total. The second kappa shape index (κ2) is 5.50. The molecule has 0 spiro atoms. The van der Waals surface area contributed by atoms with Crippen molar-refractivity contribution in [3.63, 3.8) is 0 Å². The molecule has 2 aromatic rings. The zero-order chi connectivity index (χ0) is 14.7. The maximum atomic E-state index is 8.85. The standard InChI is InChI=1S/C13H12N6S/c1-8-2-4-9(5-3-8)7-17-19-12(16)11(15)10(6-14)18-13(19)20/h2-5,7H,15-16H2,1H3/b17-7+. The Labute approximate surface area is 121 Å². The van der Waals surface area contributed by atoms with Gasteiger partial charge in [0.1, 0.15) is 11.8 Å². The number of nitriles is 1. The van der Waals surface area contributed by atoms with Gasteiger partial charge in [-0.15, -0.1) is 0 Å². The second-order valence-corrected chi connectivity index (χ2v) is 4.49. The smallest absolute Gasteiger partial charge is 0.223 e. The van der Waals surface area contributed by atoms with E-state index in [2.05, 4.69) is 10.1 Å². The normalized spacial score (nSPS) is 10.6. The summed E-state index contributed by atoms with van der Waals surface area (Å²) in [6.07, 6.45) is 1.60. The Morgan fingerprint density at radius 1 is 1.35 bits per heavy atom.